The Balaban J connectivity index is 3.12. The Morgan fingerprint density at radius 1 is 1.22 bits per heavy atom. The summed E-state index contributed by atoms with van der Waals surface area (Å²) in [5.41, 5.74) is 0.526. The predicted molar refractivity (Wildman–Crippen MR) is 66.0 cm³/mol. The molecule has 0 unspecified atom stereocenters. The van der Waals surface area contributed by atoms with Gasteiger partial charge in [-0.25, -0.2) is 8.78 Å². The molecule has 100 valence electrons. The second kappa shape index (κ2) is 5.04. The predicted octanol–water partition coefficient (Wildman–Crippen LogP) is 3.64. The molecular weight excluding hydrogens is 238 g/mol. The standard InChI is InChI=1S/C14H18F2O2/c1-13(2,9-12(17)18)11-7-5-4-6-10(11)8-14(3,15)16/h4-7H,8-9H2,1-3H3,(H,17,18). The quantitative estimate of drug-likeness (QED) is 0.873. The van der Waals surface area contributed by atoms with Gasteiger partial charge in [0.2, 0.25) is 5.92 Å². The van der Waals surface area contributed by atoms with Crippen molar-refractivity contribution < 1.29 is 18.7 Å². The fourth-order valence-electron chi connectivity index (χ4n) is 2.14. The second-order valence-corrected chi connectivity index (χ2v) is 5.36. The molecular formula is C14H18F2O2. The van der Waals surface area contributed by atoms with Gasteiger partial charge in [0.15, 0.2) is 0 Å². The number of halogens is 2. The maximum absolute atomic E-state index is 13.1. The lowest BCUT2D eigenvalue weighted by Gasteiger charge is -2.27. The van der Waals surface area contributed by atoms with Gasteiger partial charge in [0.25, 0.3) is 0 Å². The summed E-state index contributed by atoms with van der Waals surface area (Å²) in [4.78, 5) is 10.8. The van der Waals surface area contributed by atoms with Gasteiger partial charge in [-0.1, -0.05) is 38.1 Å². The van der Waals surface area contributed by atoms with E-state index in [1.54, 1.807) is 38.1 Å². The van der Waals surface area contributed by atoms with Crippen LogP contribution in [0.2, 0.25) is 0 Å². The zero-order valence-corrected chi connectivity index (χ0v) is 10.8. The third-order valence-electron chi connectivity index (χ3n) is 2.84. The van der Waals surface area contributed by atoms with Gasteiger partial charge >= 0.3 is 5.97 Å². The van der Waals surface area contributed by atoms with Crippen molar-refractivity contribution in [1.29, 1.82) is 0 Å². The van der Waals surface area contributed by atoms with Crippen LogP contribution < -0.4 is 0 Å². The van der Waals surface area contributed by atoms with Crippen LogP contribution in [-0.4, -0.2) is 17.0 Å². The molecule has 18 heavy (non-hydrogen) atoms. The van der Waals surface area contributed by atoms with Crippen LogP contribution in [0.1, 0.15) is 38.3 Å². The summed E-state index contributed by atoms with van der Waals surface area (Å²) in [5.74, 6) is -3.73. The van der Waals surface area contributed by atoms with Crippen LogP contribution in [0, 0.1) is 0 Å². The van der Waals surface area contributed by atoms with Crippen molar-refractivity contribution >= 4 is 5.97 Å². The number of hydrogen-bond acceptors (Lipinski definition) is 1. The van der Waals surface area contributed by atoms with Gasteiger partial charge in [-0.15, -0.1) is 0 Å². The highest BCUT2D eigenvalue weighted by Gasteiger charge is 2.30. The van der Waals surface area contributed by atoms with Crippen LogP contribution in [0.4, 0.5) is 8.78 Å². The molecule has 0 heterocycles. The number of carboxylic acid groups (broad SMARTS) is 1. The van der Waals surface area contributed by atoms with Gasteiger partial charge in [-0.05, 0) is 18.1 Å². The Bertz CT molecular complexity index is 434. The summed E-state index contributed by atoms with van der Waals surface area (Å²) in [6.07, 6.45) is -0.453. The molecule has 0 amide bonds. The van der Waals surface area contributed by atoms with Crippen molar-refractivity contribution in [3.8, 4) is 0 Å². The van der Waals surface area contributed by atoms with Crippen LogP contribution >= 0.6 is 0 Å². The van der Waals surface area contributed by atoms with Gasteiger partial charge in [0.05, 0.1) is 6.42 Å². The Morgan fingerprint density at radius 3 is 2.28 bits per heavy atom. The van der Waals surface area contributed by atoms with Crippen LogP contribution in [0.3, 0.4) is 0 Å². The summed E-state index contributed by atoms with van der Waals surface area (Å²) in [6.45, 7) is 4.38. The van der Waals surface area contributed by atoms with E-state index < -0.39 is 17.3 Å². The topological polar surface area (TPSA) is 37.3 Å². The first-order chi connectivity index (χ1) is 8.12. The second-order valence-electron chi connectivity index (χ2n) is 5.36. The minimum atomic E-state index is -2.80. The number of alkyl halides is 2. The highest BCUT2D eigenvalue weighted by molar-refractivity contribution is 5.69. The molecule has 0 spiro atoms. The molecule has 1 rings (SSSR count). The van der Waals surface area contributed by atoms with Crippen LogP contribution in [-0.2, 0) is 16.6 Å². The third kappa shape index (κ3) is 4.09. The molecule has 0 saturated heterocycles. The van der Waals surface area contributed by atoms with E-state index in [-0.39, 0.29) is 12.8 Å². The van der Waals surface area contributed by atoms with E-state index in [0.29, 0.717) is 11.1 Å². The average Bonchev–Trinajstić information content (AvgIpc) is 2.13. The molecule has 1 N–H and O–H groups in total. The minimum absolute atomic E-state index is 0.0840. The van der Waals surface area contributed by atoms with Gasteiger partial charge < -0.3 is 5.11 Å². The van der Waals surface area contributed by atoms with E-state index in [9.17, 15) is 13.6 Å². The van der Waals surface area contributed by atoms with Gasteiger partial charge in [0, 0.05) is 11.8 Å². The lowest BCUT2D eigenvalue weighted by molar-refractivity contribution is -0.138. The largest absolute Gasteiger partial charge is 0.481 e. The smallest absolute Gasteiger partial charge is 0.304 e. The Kier molecular flexibility index (Phi) is 4.09. The highest BCUT2D eigenvalue weighted by Crippen LogP contribution is 2.32. The molecule has 1 aromatic rings. The maximum Gasteiger partial charge on any atom is 0.304 e. The van der Waals surface area contributed by atoms with Crippen molar-refractivity contribution in [2.45, 2.75) is 45.0 Å². The molecule has 1 aromatic carbocycles. The molecule has 0 aliphatic carbocycles. The highest BCUT2D eigenvalue weighted by atomic mass is 19.3. The number of rotatable bonds is 5. The number of benzene rings is 1. The Morgan fingerprint density at radius 2 is 1.78 bits per heavy atom. The van der Waals surface area contributed by atoms with Crippen molar-refractivity contribution in [1.82, 2.24) is 0 Å². The monoisotopic (exact) mass is 256 g/mol. The molecule has 0 aromatic heterocycles. The van der Waals surface area contributed by atoms with E-state index in [4.69, 9.17) is 5.11 Å². The van der Waals surface area contributed by atoms with E-state index in [1.165, 1.54) is 0 Å². The molecule has 0 aliphatic rings. The number of carbonyl (C=O) groups is 1. The van der Waals surface area contributed by atoms with E-state index in [2.05, 4.69) is 0 Å². The lowest BCUT2D eigenvalue weighted by atomic mass is 9.78. The molecule has 0 bridgehead atoms. The fourth-order valence-corrected chi connectivity index (χ4v) is 2.14. The fraction of sp³-hybridized carbons (Fsp3) is 0.500. The minimum Gasteiger partial charge on any atom is -0.481 e. The van der Waals surface area contributed by atoms with Crippen LogP contribution in [0.25, 0.3) is 0 Å². The zero-order valence-electron chi connectivity index (χ0n) is 10.8. The first kappa shape index (κ1) is 14.6. The van der Waals surface area contributed by atoms with E-state index in [0.717, 1.165) is 6.92 Å². The molecule has 0 radical (unpaired) electrons. The van der Waals surface area contributed by atoms with Crippen molar-refractivity contribution in [2.75, 3.05) is 0 Å². The molecule has 4 heteroatoms. The third-order valence-corrected chi connectivity index (χ3v) is 2.84. The summed E-state index contributed by atoms with van der Waals surface area (Å²) >= 11 is 0. The first-order valence-corrected chi connectivity index (χ1v) is 5.80. The summed E-state index contributed by atoms with van der Waals surface area (Å²) in [7, 11) is 0. The normalized spacial score (nSPS) is 12.5. The van der Waals surface area contributed by atoms with Crippen molar-refractivity contribution in [3.05, 3.63) is 35.4 Å². The van der Waals surface area contributed by atoms with Gasteiger partial charge in [-0.3, -0.25) is 4.79 Å². The number of aliphatic carboxylic acids is 1. The van der Waals surface area contributed by atoms with Crippen molar-refractivity contribution in [3.63, 3.8) is 0 Å². The molecule has 0 saturated carbocycles. The lowest BCUT2D eigenvalue weighted by Crippen LogP contribution is -2.25. The molecule has 0 aliphatic heterocycles. The summed E-state index contributed by atoms with van der Waals surface area (Å²) < 4.78 is 26.2. The molecule has 0 fully saturated rings. The van der Waals surface area contributed by atoms with Crippen molar-refractivity contribution in [2.24, 2.45) is 0 Å². The molecule has 0 atom stereocenters. The molecule has 2 nitrogen and oxygen atoms in total. The van der Waals surface area contributed by atoms with E-state index >= 15 is 0 Å². The Labute approximate surface area is 106 Å². The average molecular weight is 256 g/mol. The SMILES string of the molecule is CC(F)(F)Cc1ccccc1C(C)(C)CC(=O)O. The Hall–Kier alpha value is -1.45. The van der Waals surface area contributed by atoms with Crippen LogP contribution in [0.15, 0.2) is 24.3 Å². The summed E-state index contributed by atoms with van der Waals surface area (Å²) in [6, 6.07) is 6.80. The number of hydrogen-bond donors (Lipinski definition) is 1. The number of carboxylic acids is 1. The van der Waals surface area contributed by atoms with Gasteiger partial charge in [-0.2, -0.15) is 0 Å². The van der Waals surface area contributed by atoms with Crippen LogP contribution in [0.5, 0.6) is 0 Å². The van der Waals surface area contributed by atoms with E-state index in [1.807, 2.05) is 0 Å². The summed E-state index contributed by atoms with van der Waals surface area (Å²) in [5, 5.41) is 8.89. The first-order valence-electron chi connectivity index (χ1n) is 5.80. The zero-order chi connectivity index (χ0) is 14.0. The maximum atomic E-state index is 13.1. The van der Waals surface area contributed by atoms with Gasteiger partial charge in [0.1, 0.15) is 0 Å².